The van der Waals surface area contributed by atoms with Crippen molar-refractivity contribution in [2.75, 3.05) is 0 Å². The van der Waals surface area contributed by atoms with E-state index < -0.39 is 0 Å². The molecule has 4 nitrogen and oxygen atoms in total. The van der Waals surface area contributed by atoms with Gasteiger partial charge in [0.15, 0.2) is 10.8 Å². The van der Waals surface area contributed by atoms with Gasteiger partial charge in [-0.3, -0.25) is 4.79 Å². The van der Waals surface area contributed by atoms with Gasteiger partial charge in [0.05, 0.1) is 23.0 Å². The molecule has 0 radical (unpaired) electrons. The molecular weight excluding hydrogens is 270 g/mol. The maximum Gasteiger partial charge on any atom is 0.197 e. The highest BCUT2D eigenvalue weighted by atomic mass is 32.1. The van der Waals surface area contributed by atoms with Crippen LogP contribution in [0.5, 0.6) is 0 Å². The largest absolute Gasteiger partial charge is 0.332 e. The number of hydrogen-bond acceptors (Lipinski definition) is 4. The fraction of sp³-hybridized carbons (Fsp3) is 0.267. The number of carbonyl (C=O) groups is 1. The lowest BCUT2D eigenvalue weighted by Gasteiger charge is -2.10. The van der Waals surface area contributed by atoms with E-state index in [1.54, 1.807) is 12.5 Å². The topological polar surface area (TPSA) is 47.8 Å². The first-order valence-corrected chi connectivity index (χ1v) is 7.36. The fourth-order valence-corrected chi connectivity index (χ4v) is 3.07. The van der Waals surface area contributed by atoms with E-state index in [1.165, 1.54) is 11.3 Å². The predicted molar refractivity (Wildman–Crippen MR) is 80.3 cm³/mol. The van der Waals surface area contributed by atoms with Crippen LogP contribution in [0.1, 0.15) is 35.4 Å². The number of Topliss-reactive ketones (excluding diaryl/α,β-unsaturated/α-hetero) is 1. The molecule has 2 heterocycles. The predicted octanol–water partition coefficient (Wildman–Crippen LogP) is 3.50. The van der Waals surface area contributed by atoms with Crippen molar-refractivity contribution in [3.63, 3.8) is 0 Å². The minimum atomic E-state index is 0.0496. The molecule has 20 heavy (non-hydrogen) atoms. The Bertz CT molecular complexity index is 724. The Kier molecular flexibility index (Phi) is 3.36. The third kappa shape index (κ3) is 2.36. The quantitative estimate of drug-likeness (QED) is 0.689. The summed E-state index contributed by atoms with van der Waals surface area (Å²) in [5, 5.41) is 0.572. The van der Waals surface area contributed by atoms with Crippen molar-refractivity contribution in [2.45, 2.75) is 26.3 Å². The van der Waals surface area contributed by atoms with E-state index >= 15 is 0 Å². The van der Waals surface area contributed by atoms with Crippen molar-refractivity contribution in [3.05, 3.63) is 47.5 Å². The van der Waals surface area contributed by atoms with Crippen LogP contribution in [0, 0.1) is 0 Å². The zero-order valence-electron chi connectivity index (χ0n) is 11.4. The molecule has 0 atom stereocenters. The first-order chi connectivity index (χ1) is 9.65. The molecular formula is C15H15N3OS. The highest BCUT2D eigenvalue weighted by molar-refractivity contribution is 7.20. The molecule has 2 aromatic heterocycles. The highest BCUT2D eigenvalue weighted by Crippen LogP contribution is 2.23. The third-order valence-electron chi connectivity index (χ3n) is 3.18. The van der Waals surface area contributed by atoms with Gasteiger partial charge in [0.25, 0.3) is 0 Å². The van der Waals surface area contributed by atoms with Crippen LogP contribution in [0.15, 0.2) is 36.8 Å². The van der Waals surface area contributed by atoms with E-state index in [0.29, 0.717) is 17.5 Å². The van der Waals surface area contributed by atoms with Crippen LogP contribution in [0.4, 0.5) is 0 Å². The zero-order valence-corrected chi connectivity index (χ0v) is 12.2. The third-order valence-corrected chi connectivity index (χ3v) is 4.25. The zero-order chi connectivity index (χ0) is 14.1. The molecule has 5 heteroatoms. The Morgan fingerprint density at radius 3 is 2.90 bits per heavy atom. The van der Waals surface area contributed by atoms with Crippen molar-refractivity contribution in [2.24, 2.45) is 0 Å². The smallest absolute Gasteiger partial charge is 0.197 e. The van der Waals surface area contributed by atoms with Gasteiger partial charge in [-0.15, -0.1) is 11.3 Å². The van der Waals surface area contributed by atoms with Gasteiger partial charge >= 0.3 is 0 Å². The monoisotopic (exact) mass is 285 g/mol. The van der Waals surface area contributed by atoms with Crippen LogP contribution in [-0.4, -0.2) is 20.3 Å². The van der Waals surface area contributed by atoms with Gasteiger partial charge in [0.2, 0.25) is 0 Å². The van der Waals surface area contributed by atoms with E-state index in [2.05, 4.69) is 23.8 Å². The number of hydrogen-bond donors (Lipinski definition) is 0. The molecule has 3 rings (SSSR count). The Hall–Kier alpha value is -2.01. The van der Waals surface area contributed by atoms with Crippen LogP contribution < -0.4 is 0 Å². The number of rotatable bonds is 4. The second-order valence-corrected chi connectivity index (χ2v) is 6.00. The number of benzene rings is 1. The summed E-state index contributed by atoms with van der Waals surface area (Å²) in [5.41, 5.74) is 1.82. The Morgan fingerprint density at radius 2 is 2.15 bits per heavy atom. The van der Waals surface area contributed by atoms with Crippen LogP contribution in [0.2, 0.25) is 0 Å². The second-order valence-electron chi connectivity index (χ2n) is 4.97. The second kappa shape index (κ2) is 5.17. The van der Waals surface area contributed by atoms with E-state index in [0.717, 1.165) is 15.9 Å². The van der Waals surface area contributed by atoms with E-state index in [9.17, 15) is 4.79 Å². The van der Waals surface area contributed by atoms with Crippen molar-refractivity contribution in [3.8, 4) is 0 Å². The van der Waals surface area contributed by atoms with Gasteiger partial charge in [-0.05, 0) is 26.0 Å². The summed E-state index contributed by atoms with van der Waals surface area (Å²) in [6.07, 6.45) is 3.87. The summed E-state index contributed by atoms with van der Waals surface area (Å²) in [7, 11) is 0. The number of thiazole rings is 1. The first-order valence-electron chi connectivity index (χ1n) is 6.54. The van der Waals surface area contributed by atoms with Crippen LogP contribution >= 0.6 is 11.3 Å². The molecule has 0 aliphatic carbocycles. The molecule has 0 saturated carbocycles. The number of nitrogens with zero attached hydrogens (tertiary/aromatic N) is 3. The number of ketones is 1. The molecule has 3 aromatic rings. The molecule has 1 aromatic carbocycles. The first kappa shape index (κ1) is 13.0. The highest BCUT2D eigenvalue weighted by Gasteiger charge is 2.15. The Balaban J connectivity index is 1.87. The van der Waals surface area contributed by atoms with Crippen molar-refractivity contribution >= 4 is 27.3 Å². The molecule has 0 aliphatic heterocycles. The number of fused-ring (bicyclic) bond motifs is 1. The summed E-state index contributed by atoms with van der Waals surface area (Å²) in [6.45, 7) is 4.15. The Morgan fingerprint density at radius 1 is 1.35 bits per heavy atom. The molecule has 0 amide bonds. The number of imidazole rings is 1. The number of para-hydroxylation sites is 1. The van der Waals surface area contributed by atoms with Gasteiger partial charge in [-0.2, -0.15) is 0 Å². The summed E-state index contributed by atoms with van der Waals surface area (Å²) >= 11 is 1.45. The standard InChI is InChI=1S/C15H15N3OS/c1-10(2)18-9-16-8-11(18)7-13(19)15-17-12-5-3-4-6-14(12)20-15/h3-6,8-10H,7H2,1-2H3. The van der Waals surface area contributed by atoms with Crippen LogP contribution in [0.25, 0.3) is 10.2 Å². The molecule has 0 spiro atoms. The van der Waals surface area contributed by atoms with Crippen molar-refractivity contribution in [1.29, 1.82) is 0 Å². The van der Waals surface area contributed by atoms with Crippen molar-refractivity contribution in [1.82, 2.24) is 14.5 Å². The molecule has 0 N–H and O–H groups in total. The number of carbonyl (C=O) groups excluding carboxylic acids is 1. The average Bonchev–Trinajstić information content (AvgIpc) is 3.03. The normalized spacial score (nSPS) is 11.3. The lowest BCUT2D eigenvalue weighted by atomic mass is 10.2. The minimum Gasteiger partial charge on any atom is -0.332 e. The summed E-state index contributed by atoms with van der Waals surface area (Å²) in [4.78, 5) is 20.9. The van der Waals surface area contributed by atoms with Crippen LogP contribution in [-0.2, 0) is 6.42 Å². The van der Waals surface area contributed by atoms with Gasteiger partial charge in [0, 0.05) is 17.9 Å². The van der Waals surface area contributed by atoms with Crippen molar-refractivity contribution < 1.29 is 4.79 Å². The summed E-state index contributed by atoms with van der Waals surface area (Å²) in [6, 6.07) is 8.12. The van der Waals surface area contributed by atoms with Gasteiger partial charge in [0.1, 0.15) is 0 Å². The molecule has 0 aliphatic rings. The molecule has 102 valence electrons. The van der Waals surface area contributed by atoms with E-state index in [4.69, 9.17) is 0 Å². The minimum absolute atomic E-state index is 0.0496. The average molecular weight is 285 g/mol. The number of aromatic nitrogens is 3. The summed E-state index contributed by atoms with van der Waals surface area (Å²) in [5.74, 6) is 0.0496. The lowest BCUT2D eigenvalue weighted by Crippen LogP contribution is -2.10. The molecule has 0 fully saturated rings. The van der Waals surface area contributed by atoms with E-state index in [-0.39, 0.29) is 5.78 Å². The summed E-state index contributed by atoms with van der Waals surface area (Å²) < 4.78 is 3.07. The SMILES string of the molecule is CC(C)n1cncc1CC(=O)c1nc2ccccc2s1. The molecule has 0 unspecified atom stereocenters. The maximum atomic E-state index is 12.4. The Labute approximate surface area is 121 Å². The lowest BCUT2D eigenvalue weighted by molar-refractivity contribution is 0.0990. The molecule has 0 saturated heterocycles. The maximum absolute atomic E-state index is 12.4. The fourth-order valence-electron chi connectivity index (χ4n) is 2.17. The van der Waals surface area contributed by atoms with Gasteiger partial charge < -0.3 is 4.57 Å². The molecule has 0 bridgehead atoms. The van der Waals surface area contributed by atoms with Gasteiger partial charge in [-0.1, -0.05) is 12.1 Å². The van der Waals surface area contributed by atoms with Crippen LogP contribution in [0.3, 0.4) is 0 Å². The van der Waals surface area contributed by atoms with Gasteiger partial charge in [-0.25, -0.2) is 9.97 Å². The van der Waals surface area contributed by atoms with E-state index in [1.807, 2.05) is 28.8 Å².